The molecule has 0 saturated heterocycles. The number of hydrogen-bond acceptors (Lipinski definition) is 2. The molecule has 0 fully saturated rings. The highest BCUT2D eigenvalue weighted by atomic mass is 19.1. The Bertz CT molecular complexity index is 621. The van der Waals surface area contributed by atoms with Crippen LogP contribution in [-0.2, 0) is 17.6 Å². The number of para-hydroxylation sites is 1. The molecule has 1 heterocycles. The van der Waals surface area contributed by atoms with Crippen LogP contribution < -0.4 is 4.90 Å². The maximum Gasteiger partial charge on any atom is 0.156 e. The molecule has 3 heteroatoms. The molecule has 0 bridgehead atoms. The maximum absolute atomic E-state index is 12.8. The summed E-state index contributed by atoms with van der Waals surface area (Å²) in [6.45, 7) is 1.32. The molecule has 0 aliphatic carbocycles. The highest BCUT2D eigenvalue weighted by Crippen LogP contribution is 2.27. The van der Waals surface area contributed by atoms with Gasteiger partial charge in [-0.3, -0.25) is 4.79 Å². The number of nitrogens with zero attached hydrogens (tertiary/aromatic N) is 1. The van der Waals surface area contributed by atoms with Gasteiger partial charge in [0.2, 0.25) is 0 Å². The number of hydrogen-bond donors (Lipinski definition) is 0. The fourth-order valence-electron chi connectivity index (χ4n) is 2.67. The summed E-state index contributed by atoms with van der Waals surface area (Å²) < 4.78 is 12.8. The summed E-state index contributed by atoms with van der Waals surface area (Å²) in [5.41, 5.74) is 3.34. The number of carbonyl (C=O) groups is 1. The van der Waals surface area contributed by atoms with Gasteiger partial charge in [0, 0.05) is 18.7 Å². The molecule has 20 heavy (non-hydrogen) atoms. The van der Waals surface area contributed by atoms with Gasteiger partial charge in [-0.2, -0.15) is 0 Å². The lowest BCUT2D eigenvalue weighted by Crippen LogP contribution is -2.28. The predicted molar refractivity (Wildman–Crippen MR) is 77.5 cm³/mol. The molecule has 0 amide bonds. The van der Waals surface area contributed by atoms with E-state index in [1.54, 1.807) is 12.1 Å². The van der Waals surface area contributed by atoms with Crippen molar-refractivity contribution in [2.45, 2.75) is 12.8 Å². The number of carbonyl (C=O) groups excluding carboxylic acids is 1. The van der Waals surface area contributed by atoms with Gasteiger partial charge in [-0.15, -0.1) is 0 Å². The second-order valence-corrected chi connectivity index (χ2v) is 5.14. The molecule has 102 valence electrons. The van der Waals surface area contributed by atoms with Gasteiger partial charge in [-0.05, 0) is 35.7 Å². The molecule has 2 nitrogen and oxygen atoms in total. The third-order valence-corrected chi connectivity index (χ3v) is 3.67. The van der Waals surface area contributed by atoms with Crippen molar-refractivity contribution in [1.82, 2.24) is 0 Å². The van der Waals surface area contributed by atoms with Gasteiger partial charge in [0.05, 0.1) is 6.54 Å². The molecule has 0 N–H and O–H groups in total. The van der Waals surface area contributed by atoms with E-state index < -0.39 is 0 Å². The molecule has 0 radical (unpaired) electrons. The second kappa shape index (κ2) is 5.45. The first-order chi connectivity index (χ1) is 9.72. The van der Waals surface area contributed by atoms with Crippen molar-refractivity contribution in [2.75, 3.05) is 18.0 Å². The van der Waals surface area contributed by atoms with Crippen LogP contribution in [0.25, 0.3) is 0 Å². The van der Waals surface area contributed by atoms with Crippen molar-refractivity contribution in [2.24, 2.45) is 0 Å². The molecule has 1 aliphatic rings. The van der Waals surface area contributed by atoms with E-state index in [4.69, 9.17) is 0 Å². The quantitative estimate of drug-likeness (QED) is 0.850. The van der Waals surface area contributed by atoms with Crippen LogP contribution in [0, 0.1) is 5.82 Å². The molecular formula is C17H16FNO. The SMILES string of the molecule is O=C(Cc1ccc(F)cc1)CN1CCc2ccccc21. The first-order valence-corrected chi connectivity index (χ1v) is 6.81. The van der Waals surface area contributed by atoms with Crippen molar-refractivity contribution in [3.05, 3.63) is 65.5 Å². The lowest BCUT2D eigenvalue weighted by Gasteiger charge is -2.18. The van der Waals surface area contributed by atoms with Crippen molar-refractivity contribution in [3.8, 4) is 0 Å². The molecule has 2 aromatic carbocycles. The van der Waals surface area contributed by atoms with Gasteiger partial charge in [0.1, 0.15) is 5.82 Å². The Morgan fingerprint density at radius 3 is 2.65 bits per heavy atom. The van der Waals surface area contributed by atoms with Crippen molar-refractivity contribution in [3.63, 3.8) is 0 Å². The van der Waals surface area contributed by atoms with Crippen LogP contribution >= 0.6 is 0 Å². The van der Waals surface area contributed by atoms with Crippen LogP contribution in [0.1, 0.15) is 11.1 Å². The molecule has 0 unspecified atom stereocenters. The smallest absolute Gasteiger partial charge is 0.156 e. The van der Waals surface area contributed by atoms with Crippen molar-refractivity contribution in [1.29, 1.82) is 0 Å². The molecule has 0 atom stereocenters. The first kappa shape index (κ1) is 12.9. The van der Waals surface area contributed by atoms with Crippen LogP contribution in [0.5, 0.6) is 0 Å². The molecule has 0 aromatic heterocycles. The number of ketones is 1. The minimum atomic E-state index is -0.269. The Kier molecular flexibility index (Phi) is 3.50. The fourth-order valence-corrected chi connectivity index (χ4v) is 2.67. The van der Waals surface area contributed by atoms with Crippen molar-refractivity contribution < 1.29 is 9.18 Å². The summed E-state index contributed by atoms with van der Waals surface area (Å²) in [6.07, 6.45) is 1.36. The molecule has 1 aliphatic heterocycles. The fraction of sp³-hybridized carbons (Fsp3) is 0.235. The van der Waals surface area contributed by atoms with Crippen molar-refractivity contribution >= 4 is 11.5 Å². The van der Waals surface area contributed by atoms with E-state index in [2.05, 4.69) is 17.0 Å². The minimum absolute atomic E-state index is 0.160. The number of benzene rings is 2. The Hall–Kier alpha value is -2.16. The van der Waals surface area contributed by atoms with Gasteiger partial charge in [-0.1, -0.05) is 30.3 Å². The van der Waals surface area contributed by atoms with Crippen LogP contribution in [0.2, 0.25) is 0 Å². The summed E-state index contributed by atoms with van der Waals surface area (Å²) in [7, 11) is 0. The summed E-state index contributed by atoms with van der Waals surface area (Å²) in [5.74, 6) is -0.108. The Balaban J connectivity index is 1.64. The predicted octanol–water partition coefficient (Wildman–Crippen LogP) is 3.00. The topological polar surface area (TPSA) is 20.3 Å². The van der Waals surface area contributed by atoms with Crippen LogP contribution in [0.3, 0.4) is 0 Å². The second-order valence-electron chi connectivity index (χ2n) is 5.14. The van der Waals surface area contributed by atoms with E-state index in [-0.39, 0.29) is 11.6 Å². The Morgan fingerprint density at radius 2 is 1.85 bits per heavy atom. The Labute approximate surface area is 117 Å². The van der Waals surface area contributed by atoms with E-state index in [0.717, 1.165) is 18.5 Å². The number of anilines is 1. The van der Waals surface area contributed by atoms with Crippen LogP contribution in [0.15, 0.2) is 48.5 Å². The van der Waals surface area contributed by atoms with Gasteiger partial charge in [0.15, 0.2) is 5.78 Å². The summed E-state index contributed by atoms with van der Waals surface area (Å²) in [6, 6.07) is 14.3. The monoisotopic (exact) mass is 269 g/mol. The number of rotatable bonds is 4. The third kappa shape index (κ3) is 2.72. The summed E-state index contributed by atoms with van der Waals surface area (Å²) in [4.78, 5) is 14.3. The van der Waals surface area contributed by atoms with E-state index in [1.165, 1.54) is 23.4 Å². The molecule has 0 spiro atoms. The lowest BCUT2D eigenvalue weighted by molar-refractivity contribution is -0.117. The first-order valence-electron chi connectivity index (χ1n) is 6.81. The molecular weight excluding hydrogens is 253 g/mol. The van der Waals surface area contributed by atoms with Gasteiger partial charge < -0.3 is 4.90 Å². The largest absolute Gasteiger partial charge is 0.364 e. The summed E-state index contributed by atoms with van der Waals surface area (Å²) in [5, 5.41) is 0. The van der Waals surface area contributed by atoms with Crippen LogP contribution in [0.4, 0.5) is 10.1 Å². The van der Waals surface area contributed by atoms with Gasteiger partial charge >= 0.3 is 0 Å². The maximum atomic E-state index is 12.8. The van der Waals surface area contributed by atoms with E-state index in [0.29, 0.717) is 13.0 Å². The average molecular weight is 269 g/mol. The normalized spacial score (nSPS) is 13.3. The van der Waals surface area contributed by atoms with E-state index >= 15 is 0 Å². The summed E-state index contributed by atoms with van der Waals surface area (Å²) >= 11 is 0. The standard InChI is InChI=1S/C17H16FNO/c18-15-7-5-13(6-8-15)11-16(20)12-19-10-9-14-3-1-2-4-17(14)19/h1-8H,9-12H2. The lowest BCUT2D eigenvalue weighted by atomic mass is 10.1. The molecule has 0 saturated carbocycles. The van der Waals surface area contributed by atoms with Gasteiger partial charge in [-0.25, -0.2) is 4.39 Å². The highest BCUT2D eigenvalue weighted by molar-refractivity contribution is 5.86. The van der Waals surface area contributed by atoms with E-state index in [9.17, 15) is 9.18 Å². The zero-order valence-electron chi connectivity index (χ0n) is 11.2. The highest BCUT2D eigenvalue weighted by Gasteiger charge is 2.20. The number of halogens is 1. The van der Waals surface area contributed by atoms with Crippen LogP contribution in [-0.4, -0.2) is 18.9 Å². The zero-order chi connectivity index (χ0) is 13.9. The molecule has 3 rings (SSSR count). The molecule has 2 aromatic rings. The number of fused-ring (bicyclic) bond motifs is 1. The average Bonchev–Trinajstić information content (AvgIpc) is 2.85. The Morgan fingerprint density at radius 1 is 1.10 bits per heavy atom. The zero-order valence-corrected chi connectivity index (χ0v) is 11.2. The number of Topliss-reactive ketones (excluding diaryl/α,β-unsaturated/α-hetero) is 1. The minimum Gasteiger partial charge on any atom is -0.364 e. The third-order valence-electron chi connectivity index (χ3n) is 3.67. The van der Waals surface area contributed by atoms with E-state index in [1.807, 2.05) is 12.1 Å². The van der Waals surface area contributed by atoms with Gasteiger partial charge in [0.25, 0.3) is 0 Å².